The fourth-order valence-corrected chi connectivity index (χ4v) is 2.16. The highest BCUT2D eigenvalue weighted by Crippen LogP contribution is 2.33. The average Bonchev–Trinajstić information content (AvgIpc) is 2.86. The molecule has 0 aliphatic heterocycles. The first kappa shape index (κ1) is 15.8. The van der Waals surface area contributed by atoms with E-state index >= 15 is 0 Å². The molecule has 5 nitrogen and oxygen atoms in total. The summed E-state index contributed by atoms with van der Waals surface area (Å²) >= 11 is 5.84. The highest BCUT2D eigenvalue weighted by molar-refractivity contribution is 6.30. The van der Waals surface area contributed by atoms with Crippen molar-refractivity contribution >= 4 is 17.3 Å². The van der Waals surface area contributed by atoms with E-state index in [1.165, 1.54) is 0 Å². The van der Waals surface area contributed by atoms with E-state index in [9.17, 15) is 0 Å². The largest absolute Gasteiger partial charge is 0.376 e. The lowest BCUT2D eigenvalue weighted by Crippen LogP contribution is -2.21. The molecule has 0 amide bonds. The minimum atomic E-state index is -0.203. The molecule has 0 radical (unpaired) electrons. The number of halogens is 1. The Morgan fingerprint density at radius 1 is 1.29 bits per heavy atom. The van der Waals surface area contributed by atoms with E-state index in [0.29, 0.717) is 23.3 Å². The number of rotatable bonds is 5. The number of hydrogen-bond acceptors (Lipinski definition) is 5. The Labute approximate surface area is 129 Å². The Morgan fingerprint density at radius 3 is 2.52 bits per heavy atom. The Morgan fingerprint density at radius 2 is 1.95 bits per heavy atom. The maximum absolute atomic E-state index is 5.84. The smallest absolute Gasteiger partial charge is 0.246 e. The van der Waals surface area contributed by atoms with Crippen LogP contribution in [0, 0.1) is 5.41 Å². The van der Waals surface area contributed by atoms with Gasteiger partial charge in [-0.25, -0.2) is 0 Å². The van der Waals surface area contributed by atoms with Crippen molar-refractivity contribution in [3.8, 4) is 0 Å². The predicted molar refractivity (Wildman–Crippen MR) is 82.3 cm³/mol. The molecule has 0 bridgehead atoms. The van der Waals surface area contributed by atoms with Crippen molar-refractivity contribution in [3.05, 3.63) is 41.0 Å². The van der Waals surface area contributed by atoms with Crippen LogP contribution in [-0.2, 0) is 11.3 Å². The summed E-state index contributed by atoms with van der Waals surface area (Å²) < 4.78 is 10.7. The molecule has 0 aliphatic rings. The highest BCUT2D eigenvalue weighted by atomic mass is 35.5. The molecule has 0 saturated heterocycles. The van der Waals surface area contributed by atoms with Gasteiger partial charge in [0.05, 0.1) is 6.54 Å². The lowest BCUT2D eigenvalue weighted by molar-refractivity contribution is 0.00718. The van der Waals surface area contributed by atoms with Gasteiger partial charge in [0.2, 0.25) is 11.7 Å². The molecule has 1 aromatic carbocycles. The van der Waals surface area contributed by atoms with Gasteiger partial charge in [-0.3, -0.25) is 0 Å². The lowest BCUT2D eigenvalue weighted by Gasteiger charge is -2.26. The number of anilines is 1. The van der Waals surface area contributed by atoms with Gasteiger partial charge in [-0.1, -0.05) is 37.5 Å². The third-order valence-corrected chi connectivity index (χ3v) is 3.28. The summed E-state index contributed by atoms with van der Waals surface area (Å²) in [5, 5.41) is 7.91. The van der Waals surface area contributed by atoms with E-state index in [-0.39, 0.29) is 11.5 Å². The third-order valence-electron chi connectivity index (χ3n) is 3.03. The molecule has 0 saturated carbocycles. The van der Waals surface area contributed by atoms with E-state index in [2.05, 4.69) is 36.2 Å². The Hall–Kier alpha value is -1.59. The van der Waals surface area contributed by atoms with Crippen molar-refractivity contribution in [1.29, 1.82) is 0 Å². The Kier molecular flexibility index (Phi) is 4.85. The molecule has 0 aliphatic carbocycles. The molecular weight excluding hydrogens is 290 g/mol. The zero-order chi connectivity index (χ0) is 15.5. The van der Waals surface area contributed by atoms with Crippen molar-refractivity contribution in [2.45, 2.75) is 33.4 Å². The predicted octanol–water partition coefficient (Wildman–Crippen LogP) is 4.07. The van der Waals surface area contributed by atoms with Crippen LogP contribution < -0.4 is 5.32 Å². The van der Waals surface area contributed by atoms with E-state index in [1.54, 1.807) is 7.11 Å². The van der Waals surface area contributed by atoms with Crippen molar-refractivity contribution in [3.63, 3.8) is 0 Å². The summed E-state index contributed by atoms with van der Waals surface area (Å²) in [7, 11) is 1.65. The quantitative estimate of drug-likeness (QED) is 0.902. The van der Waals surface area contributed by atoms with Crippen LogP contribution in [0.1, 0.15) is 38.6 Å². The van der Waals surface area contributed by atoms with Gasteiger partial charge in [-0.2, -0.15) is 4.98 Å². The van der Waals surface area contributed by atoms with Crippen LogP contribution in [0.25, 0.3) is 0 Å². The molecule has 0 fully saturated rings. The molecule has 1 N–H and O–H groups in total. The second-order valence-corrected chi connectivity index (χ2v) is 6.32. The molecule has 2 aromatic rings. The first-order chi connectivity index (χ1) is 9.90. The molecule has 21 heavy (non-hydrogen) atoms. The zero-order valence-electron chi connectivity index (χ0n) is 12.7. The second kappa shape index (κ2) is 6.45. The van der Waals surface area contributed by atoms with Gasteiger partial charge in [0.25, 0.3) is 0 Å². The monoisotopic (exact) mass is 309 g/mol. The number of benzene rings is 1. The Balaban J connectivity index is 2.01. The third kappa shape index (κ3) is 4.19. The summed E-state index contributed by atoms with van der Waals surface area (Å²) in [5.41, 5.74) is 0.845. The standard InChI is InChI=1S/C15H20ClN3O2/c1-15(2,3)13(20-4)14-18-12(21-19-14)9-17-11-7-5-10(16)6-8-11/h5-8,13,17H,9H2,1-4H3. The van der Waals surface area contributed by atoms with Crippen molar-refractivity contribution in [2.24, 2.45) is 5.41 Å². The second-order valence-electron chi connectivity index (χ2n) is 5.89. The molecule has 1 unspecified atom stereocenters. The van der Waals surface area contributed by atoms with Crippen LogP contribution in [0.2, 0.25) is 5.02 Å². The molecule has 2 rings (SSSR count). The number of nitrogens with zero attached hydrogens (tertiary/aromatic N) is 2. The fraction of sp³-hybridized carbons (Fsp3) is 0.467. The van der Waals surface area contributed by atoms with Gasteiger partial charge >= 0.3 is 0 Å². The van der Waals surface area contributed by atoms with Gasteiger partial charge in [0.15, 0.2) is 0 Å². The van der Waals surface area contributed by atoms with E-state index < -0.39 is 0 Å². The van der Waals surface area contributed by atoms with Crippen molar-refractivity contribution in [1.82, 2.24) is 10.1 Å². The molecule has 1 heterocycles. The SMILES string of the molecule is COC(c1noc(CNc2ccc(Cl)cc2)n1)C(C)(C)C. The van der Waals surface area contributed by atoms with Crippen LogP contribution in [0.3, 0.4) is 0 Å². The van der Waals surface area contributed by atoms with Crippen molar-refractivity contribution in [2.75, 3.05) is 12.4 Å². The number of nitrogens with one attached hydrogen (secondary N) is 1. The van der Waals surface area contributed by atoms with Gasteiger partial charge in [-0.05, 0) is 29.7 Å². The lowest BCUT2D eigenvalue weighted by atomic mass is 9.88. The summed E-state index contributed by atoms with van der Waals surface area (Å²) in [5.74, 6) is 1.09. The first-order valence-electron chi connectivity index (χ1n) is 6.75. The summed E-state index contributed by atoms with van der Waals surface area (Å²) in [6, 6.07) is 7.44. The molecule has 1 aromatic heterocycles. The van der Waals surface area contributed by atoms with Gasteiger partial charge in [-0.15, -0.1) is 0 Å². The van der Waals surface area contributed by atoms with Crippen LogP contribution >= 0.6 is 11.6 Å². The minimum Gasteiger partial charge on any atom is -0.376 e. The Bertz CT molecular complexity index is 575. The van der Waals surface area contributed by atoms with E-state index in [4.69, 9.17) is 20.9 Å². The molecule has 114 valence electrons. The number of hydrogen-bond donors (Lipinski definition) is 1. The molecular formula is C15H20ClN3O2. The zero-order valence-corrected chi connectivity index (χ0v) is 13.4. The van der Waals surface area contributed by atoms with Crippen LogP contribution in [0.15, 0.2) is 28.8 Å². The summed E-state index contributed by atoms with van der Waals surface area (Å²) in [4.78, 5) is 4.39. The normalized spacial score (nSPS) is 13.2. The first-order valence-corrected chi connectivity index (χ1v) is 7.12. The van der Waals surface area contributed by atoms with Crippen molar-refractivity contribution < 1.29 is 9.26 Å². The van der Waals surface area contributed by atoms with Gasteiger partial charge in [0.1, 0.15) is 6.10 Å². The van der Waals surface area contributed by atoms with E-state index in [1.807, 2.05) is 24.3 Å². The molecule has 1 atom stereocenters. The summed E-state index contributed by atoms with van der Waals surface area (Å²) in [6.45, 7) is 6.67. The average molecular weight is 310 g/mol. The van der Waals surface area contributed by atoms with Gasteiger partial charge in [0, 0.05) is 17.8 Å². The van der Waals surface area contributed by atoms with Gasteiger partial charge < -0.3 is 14.6 Å². The fourth-order valence-electron chi connectivity index (χ4n) is 2.04. The maximum Gasteiger partial charge on any atom is 0.246 e. The number of ether oxygens (including phenoxy) is 1. The number of methoxy groups -OCH3 is 1. The topological polar surface area (TPSA) is 60.2 Å². The van der Waals surface area contributed by atoms with E-state index in [0.717, 1.165) is 5.69 Å². The summed E-state index contributed by atoms with van der Waals surface area (Å²) in [6.07, 6.45) is -0.203. The molecule has 0 spiro atoms. The number of aromatic nitrogens is 2. The highest BCUT2D eigenvalue weighted by Gasteiger charge is 2.30. The molecule has 6 heteroatoms. The van der Waals surface area contributed by atoms with Crippen LogP contribution in [0.4, 0.5) is 5.69 Å². The minimum absolute atomic E-state index is 0.0977. The maximum atomic E-state index is 5.84. The van der Waals surface area contributed by atoms with Crippen LogP contribution in [0.5, 0.6) is 0 Å². The van der Waals surface area contributed by atoms with Crippen LogP contribution in [-0.4, -0.2) is 17.3 Å².